The molecule has 1 amide bonds. The van der Waals surface area contributed by atoms with Gasteiger partial charge in [0.15, 0.2) is 0 Å². The molecular formula is C64H85N5O. The Morgan fingerprint density at radius 3 is 1.34 bits per heavy atom. The topological polar surface area (TPSA) is 86.5 Å². The van der Waals surface area contributed by atoms with E-state index < -0.39 is 0 Å². The first kappa shape index (κ1) is 52.3. The number of nitrogens with one attached hydrogen (secondary N) is 3. The zero-order chi connectivity index (χ0) is 50.7. The van der Waals surface area contributed by atoms with Crippen LogP contribution >= 0.6 is 0 Å². The normalized spacial score (nSPS) is 13.2. The first-order valence-corrected chi connectivity index (χ1v) is 27.1. The molecule has 5 aromatic rings. The lowest BCUT2D eigenvalue weighted by molar-refractivity contribution is 0.0953. The Labute approximate surface area is 421 Å². The molecule has 5 heterocycles. The van der Waals surface area contributed by atoms with Crippen LogP contribution in [-0.4, -0.2) is 32.4 Å². The van der Waals surface area contributed by atoms with Crippen LogP contribution in [0.1, 0.15) is 227 Å². The van der Waals surface area contributed by atoms with Gasteiger partial charge in [-0.3, -0.25) is 4.79 Å². The lowest BCUT2D eigenvalue weighted by Gasteiger charge is -2.26. The lowest BCUT2D eigenvalue weighted by atomic mass is 9.78. The van der Waals surface area contributed by atoms with Crippen LogP contribution in [0.2, 0.25) is 0 Å². The largest absolute Gasteiger partial charge is 0.354 e. The number of allylic oxidation sites excluding steroid dienone is 4. The zero-order valence-corrected chi connectivity index (χ0v) is 45.9. The molecule has 0 aliphatic carbocycles. The van der Waals surface area contributed by atoms with Crippen molar-refractivity contribution in [3.05, 3.63) is 116 Å². The molecule has 0 spiro atoms. The average molecular weight is 940 g/mol. The van der Waals surface area contributed by atoms with Gasteiger partial charge in [-0.25, -0.2) is 9.97 Å². The molecule has 0 saturated heterocycles. The minimum atomic E-state index is -0.0578. The fraction of sp³-hybridized carbons (Fsp3) is 0.484. The van der Waals surface area contributed by atoms with Crippen molar-refractivity contribution in [2.45, 2.75) is 198 Å². The van der Waals surface area contributed by atoms with Crippen molar-refractivity contribution in [2.24, 2.45) is 0 Å². The SMILES string of the molecule is CCCCC1=C(C)c2nc1cc1[nH]c(c(C)c1CCCC)c(-c1ccc(C(=O)NCCC)cc1)c1nc(cc3[nH]c(c(C)c3CCCC)c2-c2cc(C(C)(C)C)cc(C(C)(C)C)c2)C(CCCC)=C1C. The Kier molecular flexibility index (Phi) is 16.4. The smallest absolute Gasteiger partial charge is 0.251 e. The molecule has 7 rings (SSSR count). The standard InChI is InChI=1S/C64H85N5O/c1-16-21-25-48-39(6)58-56(43-29-31-44(32-30-43)62(70)65-33-20-5)59-40(7)49(26-22-17-2)53(67-59)38-55-51(28-24-19-4)42(9)61(69-55)57(45-34-46(63(10,11)12)36-47(35-45)64(13,14)15)60-41(8)50(27-23-18-3)54(68-60)37-52(48)66-58/h29-32,34-38,66,69H,16-28,33H2,1-15H3,(H,65,70). The quantitative estimate of drug-likeness (QED) is 0.0868. The molecule has 2 aliphatic heterocycles. The molecule has 70 heavy (non-hydrogen) atoms. The summed E-state index contributed by atoms with van der Waals surface area (Å²) in [4.78, 5) is 33.2. The predicted molar refractivity (Wildman–Crippen MR) is 303 cm³/mol. The molecule has 3 aromatic heterocycles. The summed E-state index contributed by atoms with van der Waals surface area (Å²) in [6.07, 6.45) is 13.5. The van der Waals surface area contributed by atoms with E-state index in [4.69, 9.17) is 9.97 Å². The van der Waals surface area contributed by atoms with Gasteiger partial charge >= 0.3 is 0 Å². The van der Waals surface area contributed by atoms with Crippen molar-refractivity contribution < 1.29 is 4.79 Å². The van der Waals surface area contributed by atoms with Crippen molar-refractivity contribution in [1.29, 1.82) is 0 Å². The number of benzene rings is 2. The number of hydrogen-bond acceptors (Lipinski definition) is 3. The van der Waals surface area contributed by atoms with Gasteiger partial charge in [-0.05, 0) is 187 Å². The number of amides is 1. The second-order valence-corrected chi connectivity index (χ2v) is 22.5. The molecule has 372 valence electrons. The van der Waals surface area contributed by atoms with Gasteiger partial charge in [0.1, 0.15) is 0 Å². The molecule has 0 unspecified atom stereocenters. The Morgan fingerprint density at radius 2 is 0.943 bits per heavy atom. The molecule has 0 fully saturated rings. The summed E-state index contributed by atoms with van der Waals surface area (Å²) in [6.45, 7) is 35.2. The molecule has 6 nitrogen and oxygen atoms in total. The maximum atomic E-state index is 13.2. The summed E-state index contributed by atoms with van der Waals surface area (Å²) in [6, 6.07) is 20.4. The minimum Gasteiger partial charge on any atom is -0.354 e. The first-order chi connectivity index (χ1) is 33.4. The summed E-state index contributed by atoms with van der Waals surface area (Å²) >= 11 is 0. The number of fused-ring (bicyclic) bond motifs is 8. The minimum absolute atomic E-state index is 0.0419. The van der Waals surface area contributed by atoms with Crippen molar-refractivity contribution in [2.75, 3.05) is 6.54 Å². The van der Waals surface area contributed by atoms with E-state index in [0.29, 0.717) is 12.1 Å². The maximum absolute atomic E-state index is 13.2. The van der Waals surface area contributed by atoms with Crippen LogP contribution in [0.25, 0.3) is 66.6 Å². The van der Waals surface area contributed by atoms with Crippen molar-refractivity contribution in [1.82, 2.24) is 25.3 Å². The molecule has 2 aromatic carbocycles. The number of rotatable bonds is 17. The van der Waals surface area contributed by atoms with E-state index in [0.717, 1.165) is 139 Å². The molecule has 0 radical (unpaired) electrons. The number of nitrogens with zero attached hydrogens (tertiary/aromatic N) is 2. The molecule has 8 bridgehead atoms. The fourth-order valence-electron chi connectivity index (χ4n) is 10.5. The van der Waals surface area contributed by atoms with E-state index in [-0.39, 0.29) is 16.7 Å². The van der Waals surface area contributed by atoms with Crippen LogP contribution in [0.5, 0.6) is 0 Å². The average Bonchev–Trinajstić information content (AvgIpc) is 4.00. The van der Waals surface area contributed by atoms with Crippen LogP contribution in [0.15, 0.2) is 54.6 Å². The van der Waals surface area contributed by atoms with E-state index in [1.165, 1.54) is 66.8 Å². The second-order valence-electron chi connectivity index (χ2n) is 22.5. The number of aryl methyl sites for hydroxylation is 4. The molecule has 2 aliphatic rings. The van der Waals surface area contributed by atoms with Crippen molar-refractivity contribution in [3.8, 4) is 22.3 Å². The monoisotopic (exact) mass is 940 g/mol. The number of hydrogen-bond donors (Lipinski definition) is 3. The van der Waals surface area contributed by atoms with E-state index in [1.54, 1.807) is 0 Å². The Hall–Kier alpha value is -5.49. The van der Waals surface area contributed by atoms with Gasteiger partial charge in [0.25, 0.3) is 5.91 Å². The van der Waals surface area contributed by atoms with Gasteiger partial charge in [-0.15, -0.1) is 0 Å². The molecule has 6 heteroatoms. The van der Waals surface area contributed by atoms with Gasteiger partial charge in [-0.2, -0.15) is 0 Å². The van der Waals surface area contributed by atoms with E-state index >= 15 is 0 Å². The molecule has 0 saturated carbocycles. The van der Waals surface area contributed by atoms with Gasteiger partial charge in [0.2, 0.25) is 0 Å². The number of carbonyl (C=O) groups is 1. The summed E-state index contributed by atoms with van der Waals surface area (Å²) in [7, 11) is 0. The highest BCUT2D eigenvalue weighted by molar-refractivity contribution is 6.04. The highest BCUT2D eigenvalue weighted by Gasteiger charge is 2.29. The van der Waals surface area contributed by atoms with Gasteiger partial charge in [-0.1, -0.05) is 132 Å². The number of H-pyrrole nitrogens is 2. The summed E-state index contributed by atoms with van der Waals surface area (Å²) < 4.78 is 0. The van der Waals surface area contributed by atoms with Crippen LogP contribution in [-0.2, 0) is 23.7 Å². The highest BCUT2D eigenvalue weighted by Crippen LogP contribution is 2.46. The predicted octanol–water partition coefficient (Wildman–Crippen LogP) is 17.9. The van der Waals surface area contributed by atoms with Gasteiger partial charge < -0.3 is 15.3 Å². The molecule has 0 atom stereocenters. The summed E-state index contributed by atoms with van der Waals surface area (Å²) in [5, 5.41) is 3.08. The van der Waals surface area contributed by atoms with Gasteiger partial charge in [0.05, 0.1) is 33.8 Å². The van der Waals surface area contributed by atoms with Crippen molar-refractivity contribution in [3.63, 3.8) is 0 Å². The number of aromatic nitrogens is 4. The third kappa shape index (κ3) is 10.7. The molecule has 3 N–H and O–H groups in total. The van der Waals surface area contributed by atoms with Crippen LogP contribution in [0, 0.1) is 13.8 Å². The summed E-state index contributed by atoms with van der Waals surface area (Å²) in [5.74, 6) is -0.0419. The van der Waals surface area contributed by atoms with E-state index in [9.17, 15) is 4.79 Å². The second kappa shape index (κ2) is 21.9. The number of unbranched alkanes of at least 4 members (excludes halogenated alkanes) is 4. The van der Waals surface area contributed by atoms with Gasteiger partial charge in [0, 0.05) is 34.3 Å². The zero-order valence-electron chi connectivity index (χ0n) is 45.9. The van der Waals surface area contributed by atoms with Crippen LogP contribution in [0.4, 0.5) is 0 Å². The lowest BCUT2D eigenvalue weighted by Crippen LogP contribution is -2.23. The maximum Gasteiger partial charge on any atom is 0.251 e. The third-order valence-corrected chi connectivity index (χ3v) is 15.1. The number of carbonyl (C=O) groups excluding carboxylic acids is 1. The number of aromatic amines is 2. The van der Waals surface area contributed by atoms with E-state index in [2.05, 4.69) is 162 Å². The Balaban J connectivity index is 1.75. The van der Waals surface area contributed by atoms with Crippen molar-refractivity contribution >= 4 is 50.3 Å². The Bertz CT molecular complexity index is 2940. The molecular weight excluding hydrogens is 855 g/mol. The summed E-state index contributed by atoms with van der Waals surface area (Å²) in [5.41, 5.74) is 26.7. The van der Waals surface area contributed by atoms with E-state index in [1.807, 2.05) is 12.1 Å². The highest BCUT2D eigenvalue weighted by atomic mass is 16.1. The third-order valence-electron chi connectivity index (χ3n) is 15.1. The first-order valence-electron chi connectivity index (χ1n) is 27.1. The van der Waals surface area contributed by atoms with Crippen LogP contribution < -0.4 is 5.32 Å². The fourth-order valence-corrected chi connectivity index (χ4v) is 10.5. The van der Waals surface area contributed by atoms with Crippen LogP contribution in [0.3, 0.4) is 0 Å². The Morgan fingerprint density at radius 1 is 0.529 bits per heavy atom.